The summed E-state index contributed by atoms with van der Waals surface area (Å²) < 4.78 is 28.2. The molecule has 0 saturated carbocycles. The van der Waals surface area contributed by atoms with Crippen molar-refractivity contribution in [2.45, 2.75) is 18.4 Å². The molecule has 0 saturated heterocycles. The first-order valence-electron chi connectivity index (χ1n) is 5.94. The van der Waals surface area contributed by atoms with E-state index in [9.17, 15) is 8.42 Å². The molecule has 8 heteroatoms. The third-order valence-corrected chi connectivity index (χ3v) is 4.76. The lowest BCUT2D eigenvalue weighted by Crippen LogP contribution is -2.17. The second-order valence-electron chi connectivity index (χ2n) is 4.29. The molecule has 20 heavy (non-hydrogen) atoms. The number of aromatic nitrogens is 2. The Morgan fingerprint density at radius 1 is 1.45 bits per heavy atom. The van der Waals surface area contributed by atoms with E-state index in [1.807, 2.05) is 6.92 Å². The molecule has 0 radical (unpaired) electrons. The lowest BCUT2D eigenvalue weighted by atomic mass is 10.1. The number of nitrogens with one attached hydrogen (secondary N) is 1. The fourth-order valence-corrected chi connectivity index (χ4v) is 3.59. The van der Waals surface area contributed by atoms with Gasteiger partial charge in [0, 0.05) is 12.7 Å². The maximum Gasteiger partial charge on any atom is 0.280 e. The van der Waals surface area contributed by atoms with E-state index in [4.69, 9.17) is 17.3 Å². The van der Waals surface area contributed by atoms with Crippen molar-refractivity contribution >= 4 is 33.0 Å². The highest BCUT2D eigenvalue weighted by atomic mass is 35.5. The van der Waals surface area contributed by atoms with E-state index in [1.165, 1.54) is 17.9 Å². The highest BCUT2D eigenvalue weighted by Gasteiger charge is 2.22. The van der Waals surface area contributed by atoms with Gasteiger partial charge in [-0.1, -0.05) is 24.6 Å². The number of nitrogens with two attached hydrogens (primary N) is 1. The zero-order chi connectivity index (χ0) is 14.9. The van der Waals surface area contributed by atoms with Crippen molar-refractivity contribution in [2.24, 2.45) is 7.05 Å². The second-order valence-corrected chi connectivity index (χ2v) is 6.30. The van der Waals surface area contributed by atoms with Crippen LogP contribution in [0.2, 0.25) is 5.02 Å². The molecule has 1 aromatic carbocycles. The SMILES string of the molecule is CCc1ccc(NS(=O)(=O)c2c(Cl)cnn2C)cc1N. The van der Waals surface area contributed by atoms with Gasteiger partial charge in [-0.3, -0.25) is 9.40 Å². The number of anilines is 2. The van der Waals surface area contributed by atoms with Crippen LogP contribution in [0.3, 0.4) is 0 Å². The quantitative estimate of drug-likeness (QED) is 0.845. The summed E-state index contributed by atoms with van der Waals surface area (Å²) in [5.41, 5.74) is 7.75. The van der Waals surface area contributed by atoms with Gasteiger partial charge in [0.2, 0.25) is 0 Å². The highest BCUT2D eigenvalue weighted by molar-refractivity contribution is 7.92. The Kier molecular flexibility index (Phi) is 3.92. The van der Waals surface area contributed by atoms with E-state index in [1.54, 1.807) is 18.2 Å². The maximum atomic E-state index is 12.3. The summed E-state index contributed by atoms with van der Waals surface area (Å²) in [4.78, 5) is 0. The standard InChI is InChI=1S/C12H15ClN4O2S/c1-3-8-4-5-9(6-11(8)14)16-20(18,19)12-10(13)7-15-17(12)2/h4-7,16H,3,14H2,1-2H3. The molecule has 0 fully saturated rings. The maximum absolute atomic E-state index is 12.3. The summed E-state index contributed by atoms with van der Waals surface area (Å²) >= 11 is 5.85. The van der Waals surface area contributed by atoms with Crippen LogP contribution in [-0.4, -0.2) is 18.2 Å². The summed E-state index contributed by atoms with van der Waals surface area (Å²) in [7, 11) is -2.30. The monoisotopic (exact) mass is 314 g/mol. The van der Waals surface area contributed by atoms with Gasteiger partial charge in [-0.15, -0.1) is 0 Å². The van der Waals surface area contributed by atoms with E-state index in [2.05, 4.69) is 9.82 Å². The van der Waals surface area contributed by atoms with Crippen LogP contribution in [0.25, 0.3) is 0 Å². The largest absolute Gasteiger partial charge is 0.398 e. The van der Waals surface area contributed by atoms with Crippen molar-refractivity contribution in [3.63, 3.8) is 0 Å². The first-order chi connectivity index (χ1) is 9.35. The van der Waals surface area contributed by atoms with Crippen molar-refractivity contribution in [1.29, 1.82) is 0 Å². The molecule has 0 bridgehead atoms. The molecule has 108 valence electrons. The molecule has 1 aromatic heterocycles. The van der Waals surface area contributed by atoms with Crippen LogP contribution in [-0.2, 0) is 23.5 Å². The van der Waals surface area contributed by atoms with Gasteiger partial charge in [0.15, 0.2) is 5.03 Å². The molecule has 0 aliphatic carbocycles. The van der Waals surface area contributed by atoms with Gasteiger partial charge < -0.3 is 5.73 Å². The summed E-state index contributed by atoms with van der Waals surface area (Å²) in [6.45, 7) is 1.98. The minimum atomic E-state index is -3.80. The molecule has 0 amide bonds. The van der Waals surface area contributed by atoms with E-state index >= 15 is 0 Å². The summed E-state index contributed by atoms with van der Waals surface area (Å²) in [6, 6.07) is 5.04. The Morgan fingerprint density at radius 3 is 2.65 bits per heavy atom. The van der Waals surface area contributed by atoms with Crippen molar-refractivity contribution in [3.8, 4) is 0 Å². The van der Waals surface area contributed by atoms with Gasteiger partial charge in [0.25, 0.3) is 10.0 Å². The number of hydrogen-bond donors (Lipinski definition) is 2. The van der Waals surface area contributed by atoms with E-state index in [0.717, 1.165) is 12.0 Å². The van der Waals surface area contributed by atoms with Crippen molar-refractivity contribution in [3.05, 3.63) is 35.0 Å². The van der Waals surface area contributed by atoms with E-state index in [-0.39, 0.29) is 10.0 Å². The molecule has 2 aromatic rings. The van der Waals surface area contributed by atoms with Crippen molar-refractivity contribution < 1.29 is 8.42 Å². The molecule has 3 N–H and O–H groups in total. The number of benzene rings is 1. The van der Waals surface area contributed by atoms with Crippen molar-refractivity contribution in [1.82, 2.24) is 9.78 Å². The van der Waals surface area contributed by atoms with Crippen LogP contribution < -0.4 is 10.5 Å². The van der Waals surface area contributed by atoms with Crippen molar-refractivity contribution in [2.75, 3.05) is 10.5 Å². The van der Waals surface area contributed by atoms with E-state index in [0.29, 0.717) is 11.4 Å². The molecule has 1 heterocycles. The molecule has 0 spiro atoms. The molecule has 6 nitrogen and oxygen atoms in total. The van der Waals surface area contributed by atoms with Crippen LogP contribution >= 0.6 is 11.6 Å². The van der Waals surface area contributed by atoms with Gasteiger partial charge in [-0.05, 0) is 24.1 Å². The number of sulfonamides is 1. The fraction of sp³-hybridized carbons (Fsp3) is 0.250. The molecule has 2 rings (SSSR count). The average Bonchev–Trinajstić information content (AvgIpc) is 2.69. The zero-order valence-corrected chi connectivity index (χ0v) is 12.7. The first-order valence-corrected chi connectivity index (χ1v) is 7.80. The van der Waals surface area contributed by atoms with Gasteiger partial charge in [-0.25, -0.2) is 0 Å². The van der Waals surface area contributed by atoms with Crippen LogP contribution in [0, 0.1) is 0 Å². The molecule has 0 aliphatic rings. The van der Waals surface area contributed by atoms with Crippen LogP contribution in [0.4, 0.5) is 11.4 Å². The third kappa shape index (κ3) is 2.73. The summed E-state index contributed by atoms with van der Waals surface area (Å²) in [6.07, 6.45) is 2.07. The average molecular weight is 315 g/mol. The smallest absolute Gasteiger partial charge is 0.280 e. The number of halogens is 1. The molecule has 0 unspecified atom stereocenters. The predicted octanol–water partition coefficient (Wildman–Crippen LogP) is 2.02. The zero-order valence-electron chi connectivity index (χ0n) is 11.1. The normalized spacial score (nSPS) is 11.6. The Bertz CT molecular complexity index is 720. The first kappa shape index (κ1) is 14.7. The van der Waals surface area contributed by atoms with Gasteiger partial charge in [-0.2, -0.15) is 13.5 Å². The molecular weight excluding hydrogens is 300 g/mol. The summed E-state index contributed by atoms with van der Waals surface area (Å²) in [5.74, 6) is 0. The lowest BCUT2D eigenvalue weighted by molar-refractivity contribution is 0.582. The Labute approximate surface area is 122 Å². The highest BCUT2D eigenvalue weighted by Crippen LogP contribution is 2.24. The Morgan fingerprint density at radius 2 is 2.15 bits per heavy atom. The Balaban J connectivity index is 2.36. The topological polar surface area (TPSA) is 90.0 Å². The number of nitrogens with zero attached hydrogens (tertiary/aromatic N) is 2. The van der Waals surface area contributed by atoms with Gasteiger partial charge in [0.05, 0.1) is 16.9 Å². The number of aryl methyl sites for hydroxylation is 2. The van der Waals surface area contributed by atoms with E-state index < -0.39 is 10.0 Å². The predicted molar refractivity (Wildman–Crippen MR) is 79.3 cm³/mol. The third-order valence-electron chi connectivity index (χ3n) is 2.88. The van der Waals surface area contributed by atoms with Crippen LogP contribution in [0.5, 0.6) is 0 Å². The number of nitrogen functional groups attached to an aromatic ring is 1. The second kappa shape index (κ2) is 5.34. The van der Waals surface area contributed by atoms with Crippen LogP contribution in [0.1, 0.15) is 12.5 Å². The Hall–Kier alpha value is -1.73. The van der Waals surface area contributed by atoms with Gasteiger partial charge >= 0.3 is 0 Å². The minimum Gasteiger partial charge on any atom is -0.398 e. The van der Waals surface area contributed by atoms with Crippen LogP contribution in [0.15, 0.2) is 29.4 Å². The summed E-state index contributed by atoms with van der Waals surface area (Å²) in [5, 5.41) is 3.79. The number of hydrogen-bond acceptors (Lipinski definition) is 4. The lowest BCUT2D eigenvalue weighted by Gasteiger charge is -2.10. The fourth-order valence-electron chi connectivity index (χ4n) is 1.89. The minimum absolute atomic E-state index is 0.0677. The van der Waals surface area contributed by atoms with Gasteiger partial charge in [0.1, 0.15) is 0 Å². The molecular formula is C12H15ClN4O2S. The molecule has 0 aliphatic heterocycles. The number of rotatable bonds is 4. The molecule has 0 atom stereocenters.